The monoisotopic (exact) mass is 896 g/mol. The summed E-state index contributed by atoms with van der Waals surface area (Å²) in [6.45, 7) is 27.1. The Morgan fingerprint density at radius 3 is 1.84 bits per heavy atom. The van der Waals surface area contributed by atoms with Gasteiger partial charge in [0.15, 0.2) is 0 Å². The van der Waals surface area contributed by atoms with E-state index in [9.17, 15) is 0 Å². The number of fused-ring (bicyclic) bond motifs is 10. The van der Waals surface area contributed by atoms with Crippen molar-refractivity contribution in [2.24, 2.45) is 0 Å². The van der Waals surface area contributed by atoms with Crippen molar-refractivity contribution >= 4 is 82.7 Å². The zero-order chi connectivity index (χ0) is 46.8. The first-order valence-corrected chi connectivity index (χ1v) is 27.9. The summed E-state index contributed by atoms with van der Waals surface area (Å²) < 4.78 is 0. The molecule has 6 aliphatic rings. The van der Waals surface area contributed by atoms with E-state index in [2.05, 4.69) is 212 Å². The van der Waals surface area contributed by atoms with E-state index in [1.165, 1.54) is 134 Å². The Labute approximate surface area is 403 Å². The number of anilines is 7. The van der Waals surface area contributed by atoms with Crippen LogP contribution in [0.3, 0.4) is 0 Å². The van der Waals surface area contributed by atoms with Crippen LogP contribution in [0, 0.1) is 0 Å². The van der Waals surface area contributed by atoms with Crippen molar-refractivity contribution in [2.75, 3.05) is 14.7 Å². The molecule has 4 heterocycles. The Balaban J connectivity index is 1.23. The lowest BCUT2D eigenvalue weighted by atomic mass is 9.33. The average molecular weight is 896 g/mol. The van der Waals surface area contributed by atoms with Crippen molar-refractivity contribution in [2.45, 2.75) is 160 Å². The van der Waals surface area contributed by atoms with Crippen molar-refractivity contribution in [3.8, 4) is 11.1 Å². The fraction of sp³-hybridized carbons (Fsp3) is 0.403. The van der Waals surface area contributed by atoms with Crippen LogP contribution in [0.4, 0.5) is 39.8 Å². The minimum Gasteiger partial charge on any atom is -0.335 e. The molecule has 2 fully saturated rings. The van der Waals surface area contributed by atoms with Crippen LogP contribution >= 0.6 is 0 Å². The molecule has 4 aliphatic heterocycles. The van der Waals surface area contributed by atoms with Crippen molar-refractivity contribution in [3.05, 3.63) is 138 Å². The quantitative estimate of drug-likeness (QED) is 0.163. The fourth-order valence-corrected chi connectivity index (χ4v) is 15.3. The van der Waals surface area contributed by atoms with Crippen LogP contribution in [0.2, 0.25) is 6.55 Å². The maximum atomic E-state index is 4.63. The van der Waals surface area contributed by atoms with Gasteiger partial charge in [0.05, 0.1) is 16.8 Å². The molecule has 6 aromatic carbocycles. The summed E-state index contributed by atoms with van der Waals surface area (Å²) in [4.78, 5) is 8.53. The smallest absolute Gasteiger partial charge is 0.252 e. The van der Waals surface area contributed by atoms with E-state index >= 15 is 0 Å². The second-order valence-corrected chi connectivity index (χ2v) is 26.7. The highest BCUT2D eigenvalue weighted by Crippen LogP contribution is 2.65. The first-order valence-electron chi connectivity index (χ1n) is 25.7. The molecule has 5 heteroatoms. The minimum absolute atomic E-state index is 0.0106. The third kappa shape index (κ3) is 5.73. The largest absolute Gasteiger partial charge is 0.335 e. The predicted molar refractivity (Wildman–Crippen MR) is 293 cm³/mol. The summed E-state index contributed by atoms with van der Waals surface area (Å²) in [6.07, 6.45) is 14.4. The Morgan fingerprint density at radius 1 is 0.537 bits per heavy atom. The molecular weight excluding hydrogens is 826 g/mol. The van der Waals surface area contributed by atoms with Gasteiger partial charge < -0.3 is 14.7 Å². The Kier molecular flexibility index (Phi) is 9.16. The molecule has 2 aliphatic carbocycles. The van der Waals surface area contributed by atoms with Gasteiger partial charge >= 0.3 is 0 Å². The van der Waals surface area contributed by atoms with Crippen LogP contribution in [0.5, 0.6) is 0 Å². The molecule has 4 unspecified atom stereocenters. The predicted octanol–water partition coefficient (Wildman–Crippen LogP) is 13.4. The molecule has 0 aromatic heterocycles. The van der Waals surface area contributed by atoms with Gasteiger partial charge in [-0.05, 0) is 136 Å². The number of para-hydroxylation sites is 1. The molecular formula is C62H70BN3Si. The summed E-state index contributed by atoms with van der Waals surface area (Å²) in [5.74, 6) is 0. The normalized spacial score (nSPS) is 25.5. The van der Waals surface area contributed by atoms with Crippen molar-refractivity contribution in [3.63, 3.8) is 0 Å². The molecule has 0 radical (unpaired) electrons. The zero-order valence-corrected chi connectivity index (χ0v) is 43.3. The van der Waals surface area contributed by atoms with Gasteiger partial charge in [-0.15, -0.1) is 6.17 Å². The maximum Gasteiger partial charge on any atom is 0.252 e. The minimum atomic E-state index is -0.875. The standard InChI is InChI=1S/C62H70BN3Si/c1-57(2,3)41-26-29-50(45(35-41)40-21-14-13-15-22-40)64-52-36-42(58(4,5)6)25-28-48(52)63-49-24-20-23-46-56(49)66(62(10)34-19-16-31-59(46,62)7)54-38-43(37-53(64)55(54)63)65-51-30-27-44(67(11)12)39-47(51)60(8)32-17-18-33-61(60,65)9/h13-15,20-30,35-39H,11,16-19,31-34H2,1-10,12H3. The average Bonchev–Trinajstić information content (AvgIpc) is 3.65. The number of nitrogens with zero attached hydrogens (tertiary/aromatic N) is 3. The summed E-state index contributed by atoms with van der Waals surface area (Å²) in [5.41, 5.74) is 22.0. The van der Waals surface area contributed by atoms with E-state index in [1.807, 2.05) is 0 Å². The van der Waals surface area contributed by atoms with Gasteiger partial charge in [0.2, 0.25) is 0 Å². The van der Waals surface area contributed by atoms with Gasteiger partial charge in [0.1, 0.15) is 0 Å². The Morgan fingerprint density at radius 2 is 1.15 bits per heavy atom. The SMILES string of the molecule is C=[Si](C)c1ccc2c(c1)C1(C)CCCCC1(C)N2c1cc2c3c(c1)N1c4c(cccc4C4(C)CCCCC14C)B3c1ccc(C(C)(C)C)cc1N2c1ccc(C(C)(C)C)cc1-c1ccccc1. The first-order chi connectivity index (χ1) is 31.8. The van der Waals surface area contributed by atoms with Gasteiger partial charge in [-0.1, -0.05) is 166 Å². The van der Waals surface area contributed by atoms with Gasteiger partial charge in [0, 0.05) is 58.9 Å². The summed E-state index contributed by atoms with van der Waals surface area (Å²) in [7, 11) is -0.875. The highest BCUT2D eigenvalue weighted by Gasteiger charge is 2.62. The van der Waals surface area contributed by atoms with Crippen molar-refractivity contribution in [1.82, 2.24) is 0 Å². The molecule has 0 amide bonds. The van der Waals surface area contributed by atoms with Gasteiger partial charge in [-0.25, -0.2) is 0 Å². The molecule has 4 atom stereocenters. The molecule has 3 nitrogen and oxygen atoms in total. The van der Waals surface area contributed by atoms with E-state index in [4.69, 9.17) is 0 Å². The van der Waals surface area contributed by atoms with Crippen LogP contribution in [0.15, 0.2) is 115 Å². The van der Waals surface area contributed by atoms with Crippen LogP contribution in [-0.4, -0.2) is 32.4 Å². The molecule has 6 aromatic rings. The highest BCUT2D eigenvalue weighted by molar-refractivity contribution is 7.00. The van der Waals surface area contributed by atoms with E-state index in [1.54, 1.807) is 5.56 Å². The van der Waals surface area contributed by atoms with Crippen molar-refractivity contribution < 1.29 is 0 Å². The van der Waals surface area contributed by atoms with Crippen LogP contribution in [0.25, 0.3) is 11.1 Å². The third-order valence-electron chi connectivity index (χ3n) is 18.9. The third-order valence-corrected chi connectivity index (χ3v) is 20.1. The van der Waals surface area contributed by atoms with E-state index in [0.717, 1.165) is 6.42 Å². The molecule has 67 heavy (non-hydrogen) atoms. The molecule has 0 saturated heterocycles. The summed E-state index contributed by atoms with van der Waals surface area (Å²) in [5, 5.41) is 1.44. The lowest BCUT2D eigenvalue weighted by Crippen LogP contribution is -2.64. The molecule has 0 spiro atoms. The zero-order valence-electron chi connectivity index (χ0n) is 42.3. The Bertz CT molecular complexity index is 3080. The molecule has 2 saturated carbocycles. The first kappa shape index (κ1) is 43.2. The summed E-state index contributed by atoms with van der Waals surface area (Å²) >= 11 is 0. The van der Waals surface area contributed by atoms with Crippen molar-refractivity contribution in [1.29, 1.82) is 0 Å². The fourth-order valence-electron chi connectivity index (χ4n) is 14.6. The van der Waals surface area contributed by atoms with Gasteiger partial charge in [0.25, 0.3) is 6.71 Å². The molecule has 0 bridgehead atoms. The van der Waals surface area contributed by atoms with Crippen LogP contribution < -0.4 is 36.3 Å². The second kappa shape index (κ2) is 14.2. The van der Waals surface area contributed by atoms with E-state index in [0.29, 0.717) is 0 Å². The van der Waals surface area contributed by atoms with E-state index < -0.39 is 8.41 Å². The second-order valence-electron chi connectivity index (χ2n) is 24.6. The maximum absolute atomic E-state index is 4.63. The molecule has 340 valence electrons. The topological polar surface area (TPSA) is 9.72 Å². The van der Waals surface area contributed by atoms with Crippen LogP contribution in [0.1, 0.15) is 143 Å². The number of hydrogen-bond donors (Lipinski definition) is 0. The molecule has 0 N–H and O–H groups in total. The lowest BCUT2D eigenvalue weighted by molar-refractivity contribution is 0.194. The highest BCUT2D eigenvalue weighted by atomic mass is 28.2. The van der Waals surface area contributed by atoms with Gasteiger partial charge in [-0.3, -0.25) is 0 Å². The van der Waals surface area contributed by atoms with Crippen LogP contribution in [-0.2, 0) is 21.7 Å². The van der Waals surface area contributed by atoms with E-state index in [-0.39, 0.29) is 39.5 Å². The summed E-state index contributed by atoms with van der Waals surface area (Å²) in [6, 6.07) is 46.4. The van der Waals surface area contributed by atoms with Gasteiger partial charge in [-0.2, -0.15) is 0 Å². The molecule has 12 rings (SSSR count). The number of rotatable bonds is 4. The number of benzene rings is 6. The number of hydrogen-bond acceptors (Lipinski definition) is 3. The Hall–Kier alpha value is -5.13. The lowest BCUT2D eigenvalue weighted by Gasteiger charge is -2.54.